The molecule has 2 fully saturated rings. The molecule has 2 aliphatic heterocycles. The molecule has 15 heavy (non-hydrogen) atoms. The SMILES string of the molecule is CCCS(=O)N1CCCC2(C1)OCCO2. The Balaban J connectivity index is 1.94. The van der Waals surface area contributed by atoms with Crippen LogP contribution in [-0.2, 0) is 20.5 Å². The first-order valence-electron chi connectivity index (χ1n) is 5.67. The predicted octanol–water partition coefficient (Wildman–Crippen LogP) is 0.899. The molecule has 0 aromatic heterocycles. The summed E-state index contributed by atoms with van der Waals surface area (Å²) in [6, 6.07) is 0. The highest BCUT2D eigenvalue weighted by atomic mass is 32.2. The van der Waals surface area contributed by atoms with Crippen molar-refractivity contribution >= 4 is 11.0 Å². The van der Waals surface area contributed by atoms with Crippen LogP contribution in [0.3, 0.4) is 0 Å². The molecule has 2 heterocycles. The normalized spacial score (nSPS) is 28.3. The van der Waals surface area contributed by atoms with Gasteiger partial charge in [-0.2, -0.15) is 0 Å². The van der Waals surface area contributed by atoms with E-state index in [4.69, 9.17) is 9.47 Å². The highest BCUT2D eigenvalue weighted by Crippen LogP contribution is 2.30. The molecule has 0 N–H and O–H groups in total. The summed E-state index contributed by atoms with van der Waals surface area (Å²) in [5.74, 6) is 0.303. The van der Waals surface area contributed by atoms with Gasteiger partial charge in [-0.3, -0.25) is 0 Å². The Morgan fingerprint density at radius 3 is 2.80 bits per heavy atom. The zero-order valence-corrected chi connectivity index (χ0v) is 10.1. The lowest BCUT2D eigenvalue weighted by Gasteiger charge is -2.37. The summed E-state index contributed by atoms with van der Waals surface area (Å²) in [5.41, 5.74) is 0. The molecule has 0 aromatic rings. The predicted molar refractivity (Wildman–Crippen MR) is 58.7 cm³/mol. The Labute approximate surface area is 93.5 Å². The standard InChI is InChI=1S/C10H19NO3S/c1-2-8-15(12)11-5-3-4-10(9-11)13-6-7-14-10/h2-9H2,1H3. The largest absolute Gasteiger partial charge is 0.346 e. The van der Waals surface area contributed by atoms with Crippen molar-refractivity contribution in [1.82, 2.24) is 4.31 Å². The van der Waals surface area contributed by atoms with E-state index in [1.165, 1.54) is 0 Å². The van der Waals surface area contributed by atoms with Crippen LogP contribution in [0.2, 0.25) is 0 Å². The maximum atomic E-state index is 11.9. The average Bonchev–Trinajstić information content (AvgIpc) is 2.67. The summed E-state index contributed by atoms with van der Waals surface area (Å²) in [4.78, 5) is 0. The van der Waals surface area contributed by atoms with Gasteiger partial charge in [0.05, 0.1) is 30.7 Å². The van der Waals surface area contributed by atoms with Gasteiger partial charge in [-0.05, 0) is 12.8 Å². The first kappa shape index (κ1) is 11.5. The third-order valence-electron chi connectivity index (χ3n) is 2.86. The van der Waals surface area contributed by atoms with Gasteiger partial charge in [0.15, 0.2) is 5.79 Å². The second-order valence-electron chi connectivity index (χ2n) is 4.10. The second kappa shape index (κ2) is 4.91. The third-order valence-corrected chi connectivity index (χ3v) is 4.51. The van der Waals surface area contributed by atoms with Gasteiger partial charge in [0.1, 0.15) is 0 Å². The van der Waals surface area contributed by atoms with Gasteiger partial charge in [0.25, 0.3) is 0 Å². The van der Waals surface area contributed by atoms with E-state index in [1.807, 2.05) is 4.31 Å². The first-order valence-corrected chi connectivity index (χ1v) is 6.95. The van der Waals surface area contributed by atoms with E-state index in [0.29, 0.717) is 19.8 Å². The van der Waals surface area contributed by atoms with Gasteiger partial charge in [-0.15, -0.1) is 0 Å². The number of piperidine rings is 1. The molecule has 5 heteroatoms. The molecule has 0 saturated carbocycles. The maximum Gasteiger partial charge on any atom is 0.182 e. The molecule has 2 rings (SSSR count). The van der Waals surface area contributed by atoms with Crippen molar-refractivity contribution in [2.24, 2.45) is 0 Å². The minimum absolute atomic E-state index is 0.443. The van der Waals surface area contributed by atoms with Gasteiger partial charge in [0.2, 0.25) is 0 Å². The molecular formula is C10H19NO3S. The Kier molecular flexibility index (Phi) is 3.77. The molecule has 0 aromatic carbocycles. The number of hydrogen-bond donors (Lipinski definition) is 0. The molecule has 0 bridgehead atoms. The van der Waals surface area contributed by atoms with Crippen molar-refractivity contribution < 1.29 is 13.7 Å². The monoisotopic (exact) mass is 233 g/mol. The molecule has 0 radical (unpaired) electrons. The van der Waals surface area contributed by atoms with Crippen LogP contribution >= 0.6 is 0 Å². The lowest BCUT2D eigenvalue weighted by atomic mass is 10.1. The van der Waals surface area contributed by atoms with Crippen LogP contribution in [0.15, 0.2) is 0 Å². The molecule has 1 spiro atoms. The lowest BCUT2D eigenvalue weighted by Crippen LogP contribution is -2.49. The fourth-order valence-corrected chi connectivity index (χ4v) is 3.44. The lowest BCUT2D eigenvalue weighted by molar-refractivity contribution is -0.178. The molecule has 2 aliphatic rings. The van der Waals surface area contributed by atoms with Crippen LogP contribution in [-0.4, -0.2) is 46.4 Å². The minimum atomic E-state index is -0.855. The van der Waals surface area contributed by atoms with Crippen LogP contribution in [0.5, 0.6) is 0 Å². The highest BCUT2D eigenvalue weighted by molar-refractivity contribution is 7.82. The second-order valence-corrected chi connectivity index (χ2v) is 5.67. The average molecular weight is 233 g/mol. The molecule has 1 unspecified atom stereocenters. The quantitative estimate of drug-likeness (QED) is 0.727. The minimum Gasteiger partial charge on any atom is -0.346 e. The molecule has 88 valence electrons. The topological polar surface area (TPSA) is 38.8 Å². The van der Waals surface area contributed by atoms with Crippen molar-refractivity contribution in [3.63, 3.8) is 0 Å². The van der Waals surface area contributed by atoms with Gasteiger partial charge in [0, 0.05) is 18.7 Å². The van der Waals surface area contributed by atoms with Crippen molar-refractivity contribution in [2.45, 2.75) is 32.0 Å². The zero-order valence-electron chi connectivity index (χ0n) is 9.24. The van der Waals surface area contributed by atoms with Crippen LogP contribution in [0.25, 0.3) is 0 Å². The smallest absolute Gasteiger partial charge is 0.182 e. The van der Waals surface area contributed by atoms with Crippen molar-refractivity contribution in [2.75, 3.05) is 32.1 Å². The fraction of sp³-hybridized carbons (Fsp3) is 1.00. The van der Waals surface area contributed by atoms with E-state index >= 15 is 0 Å². The number of rotatable bonds is 3. The summed E-state index contributed by atoms with van der Waals surface area (Å²) in [6.45, 7) is 4.98. The summed E-state index contributed by atoms with van der Waals surface area (Å²) >= 11 is 0. The summed E-state index contributed by atoms with van der Waals surface area (Å²) in [7, 11) is -0.855. The summed E-state index contributed by atoms with van der Waals surface area (Å²) < 4.78 is 25.1. The van der Waals surface area contributed by atoms with Crippen molar-refractivity contribution in [3.05, 3.63) is 0 Å². The molecule has 0 aliphatic carbocycles. The highest BCUT2D eigenvalue weighted by Gasteiger charge is 2.41. The molecular weight excluding hydrogens is 214 g/mol. The zero-order chi connectivity index (χ0) is 10.7. The van der Waals surface area contributed by atoms with E-state index in [0.717, 1.165) is 31.6 Å². The number of ether oxygens (including phenoxy) is 2. The molecule has 1 atom stereocenters. The molecule has 0 amide bonds. The van der Waals surface area contributed by atoms with E-state index in [9.17, 15) is 4.21 Å². The van der Waals surface area contributed by atoms with E-state index in [2.05, 4.69) is 6.92 Å². The molecule has 2 saturated heterocycles. The third kappa shape index (κ3) is 2.58. The van der Waals surface area contributed by atoms with Crippen LogP contribution in [0.4, 0.5) is 0 Å². The Hall–Kier alpha value is 0.0300. The van der Waals surface area contributed by atoms with Crippen molar-refractivity contribution in [3.8, 4) is 0 Å². The Morgan fingerprint density at radius 2 is 2.13 bits per heavy atom. The fourth-order valence-electron chi connectivity index (χ4n) is 2.16. The van der Waals surface area contributed by atoms with Gasteiger partial charge < -0.3 is 9.47 Å². The van der Waals surface area contributed by atoms with Crippen LogP contribution in [0.1, 0.15) is 26.2 Å². The Bertz CT molecular complexity index is 241. The van der Waals surface area contributed by atoms with E-state index in [1.54, 1.807) is 0 Å². The van der Waals surface area contributed by atoms with Gasteiger partial charge in [-0.25, -0.2) is 8.51 Å². The van der Waals surface area contributed by atoms with Crippen molar-refractivity contribution in [1.29, 1.82) is 0 Å². The van der Waals surface area contributed by atoms with Crippen LogP contribution in [0, 0.1) is 0 Å². The maximum absolute atomic E-state index is 11.9. The number of hydrogen-bond acceptors (Lipinski definition) is 3. The van der Waals surface area contributed by atoms with Gasteiger partial charge in [-0.1, -0.05) is 6.92 Å². The molecule has 4 nitrogen and oxygen atoms in total. The summed E-state index contributed by atoms with van der Waals surface area (Å²) in [5, 5.41) is 0. The van der Waals surface area contributed by atoms with E-state index < -0.39 is 16.8 Å². The first-order chi connectivity index (χ1) is 7.26. The number of nitrogens with zero attached hydrogens (tertiary/aromatic N) is 1. The van der Waals surface area contributed by atoms with Crippen LogP contribution < -0.4 is 0 Å². The van der Waals surface area contributed by atoms with Gasteiger partial charge >= 0.3 is 0 Å². The van der Waals surface area contributed by atoms with E-state index in [-0.39, 0.29) is 0 Å². The summed E-state index contributed by atoms with van der Waals surface area (Å²) in [6.07, 6.45) is 2.90. The Morgan fingerprint density at radius 1 is 1.40 bits per heavy atom.